The van der Waals surface area contributed by atoms with Gasteiger partial charge in [-0.25, -0.2) is 0 Å². The van der Waals surface area contributed by atoms with Crippen molar-refractivity contribution in [2.45, 2.75) is 113 Å². The van der Waals surface area contributed by atoms with E-state index in [1.54, 1.807) is 0 Å². The fourth-order valence-corrected chi connectivity index (χ4v) is 6.14. The van der Waals surface area contributed by atoms with Gasteiger partial charge in [-0.3, -0.25) is 24.5 Å². The van der Waals surface area contributed by atoms with E-state index >= 15 is 0 Å². The van der Waals surface area contributed by atoms with Crippen LogP contribution in [-0.4, -0.2) is 170 Å². The van der Waals surface area contributed by atoms with E-state index in [1.807, 2.05) is 0 Å². The molecule has 3 amide bonds. The number of carbonyl (C=O) groups is 3. The molecule has 0 radical (unpaired) electrons. The maximum absolute atomic E-state index is 12.3. The first-order valence-electron chi connectivity index (χ1n) is 16.1. The van der Waals surface area contributed by atoms with Crippen molar-refractivity contribution in [1.29, 1.82) is 0 Å². The van der Waals surface area contributed by atoms with Gasteiger partial charge in [0.05, 0.1) is 24.7 Å². The molecule has 52 heavy (non-hydrogen) atoms. The van der Waals surface area contributed by atoms with Gasteiger partial charge in [-0.15, -0.1) is 0 Å². The second kappa shape index (κ2) is 17.9. The highest BCUT2D eigenvalue weighted by Crippen LogP contribution is 2.33. The highest BCUT2D eigenvalue weighted by Gasteiger charge is 2.55. The van der Waals surface area contributed by atoms with Gasteiger partial charge in [-0.1, -0.05) is 0 Å². The second-order valence-corrected chi connectivity index (χ2v) is 12.4. The second-order valence-electron chi connectivity index (χ2n) is 12.4. The molecule has 0 aliphatic carbocycles. The summed E-state index contributed by atoms with van der Waals surface area (Å²) in [5, 5.41) is 92.7. The van der Waals surface area contributed by atoms with Crippen LogP contribution >= 0.6 is 0 Å². The zero-order valence-corrected chi connectivity index (χ0v) is 28.2. The lowest BCUT2D eigenvalue weighted by Crippen LogP contribution is -2.71. The van der Waals surface area contributed by atoms with Gasteiger partial charge in [-0.2, -0.15) is 0 Å². The Kier molecular flexibility index (Phi) is 14.2. The minimum absolute atomic E-state index is 0.0468. The van der Waals surface area contributed by atoms with Gasteiger partial charge in [0, 0.05) is 32.9 Å². The van der Waals surface area contributed by atoms with Crippen LogP contribution in [-0.2, 0) is 38.1 Å². The molecule has 3 aliphatic heterocycles. The third-order valence-corrected chi connectivity index (χ3v) is 8.58. The quantitative estimate of drug-likeness (QED) is 0.0666. The SMILES string of the molecule is CC(=O)N[C@@H]1[C@H](O[C@H]2[C@@H](O)[C@@H](NC(C)=O)[C@@H](O[C@H]3[C@@H](O)[C@@H](NC(C)=O)[C@@H](Oc4ccc([N+](=O)[O-])cc4)O[C@H]3CO)O[C@H]2CO)O[C@H](CO)[C@@H](O)[C@@H]1O. The molecule has 4 rings (SSSR count). The molecule has 3 fully saturated rings. The van der Waals surface area contributed by atoms with Crippen molar-refractivity contribution in [2.24, 2.45) is 0 Å². The number of ether oxygens (including phenoxy) is 6. The summed E-state index contributed by atoms with van der Waals surface area (Å²) in [6.45, 7) is 0.890. The average Bonchev–Trinajstić information content (AvgIpc) is 3.09. The van der Waals surface area contributed by atoms with Crippen LogP contribution in [0.25, 0.3) is 0 Å². The monoisotopic (exact) mass is 748 g/mol. The fourth-order valence-electron chi connectivity index (χ4n) is 6.14. The van der Waals surface area contributed by atoms with Crippen LogP contribution in [0.4, 0.5) is 5.69 Å². The first-order chi connectivity index (χ1) is 24.6. The number of aliphatic hydroxyl groups is 7. The molecule has 3 aliphatic rings. The van der Waals surface area contributed by atoms with Crippen LogP contribution < -0.4 is 20.7 Å². The molecular formula is C30H44N4O18. The number of aliphatic hydroxyl groups excluding tert-OH is 7. The predicted octanol–water partition coefficient (Wildman–Crippen LogP) is -5.15. The summed E-state index contributed by atoms with van der Waals surface area (Å²) in [6, 6.07) is 0.420. The van der Waals surface area contributed by atoms with Gasteiger partial charge in [0.25, 0.3) is 5.69 Å². The molecule has 22 heteroatoms. The van der Waals surface area contributed by atoms with Crippen molar-refractivity contribution in [3.63, 3.8) is 0 Å². The fraction of sp³-hybridized carbons (Fsp3) is 0.700. The Hall–Kier alpha value is -3.65. The van der Waals surface area contributed by atoms with Gasteiger partial charge < -0.3 is 80.1 Å². The zero-order chi connectivity index (χ0) is 38.4. The maximum atomic E-state index is 12.3. The molecule has 22 nitrogen and oxygen atoms in total. The van der Waals surface area contributed by atoms with Gasteiger partial charge in [0.2, 0.25) is 24.0 Å². The van der Waals surface area contributed by atoms with Crippen molar-refractivity contribution in [3.05, 3.63) is 34.4 Å². The molecule has 0 bridgehead atoms. The van der Waals surface area contributed by atoms with E-state index in [4.69, 9.17) is 28.4 Å². The lowest BCUT2D eigenvalue weighted by molar-refractivity contribution is -0.384. The van der Waals surface area contributed by atoms with Crippen LogP contribution in [0.2, 0.25) is 0 Å². The van der Waals surface area contributed by atoms with Gasteiger partial charge in [0.15, 0.2) is 12.6 Å². The van der Waals surface area contributed by atoms with E-state index < -0.39 is 134 Å². The highest BCUT2D eigenvalue weighted by atomic mass is 16.7. The summed E-state index contributed by atoms with van der Waals surface area (Å²) in [6.07, 6.45) is -19.3. The summed E-state index contributed by atoms with van der Waals surface area (Å²) in [5.74, 6) is -1.97. The first-order valence-corrected chi connectivity index (χ1v) is 16.1. The lowest BCUT2D eigenvalue weighted by atomic mass is 9.93. The molecular weight excluding hydrogens is 704 g/mol. The van der Waals surface area contributed by atoms with Gasteiger partial charge in [0.1, 0.15) is 78.8 Å². The first kappa shape index (κ1) is 41.1. The number of hydrogen-bond donors (Lipinski definition) is 10. The van der Waals surface area contributed by atoms with Crippen LogP contribution in [0.15, 0.2) is 24.3 Å². The van der Waals surface area contributed by atoms with Crippen LogP contribution in [0, 0.1) is 10.1 Å². The number of non-ortho nitro benzene ring substituents is 1. The number of nitrogens with one attached hydrogen (secondary N) is 3. The Morgan fingerprint density at radius 1 is 0.654 bits per heavy atom. The molecule has 10 N–H and O–H groups in total. The van der Waals surface area contributed by atoms with Crippen molar-refractivity contribution in [2.75, 3.05) is 19.8 Å². The normalized spacial score (nSPS) is 37.8. The molecule has 3 saturated heterocycles. The summed E-state index contributed by atoms with van der Waals surface area (Å²) in [7, 11) is 0. The van der Waals surface area contributed by atoms with Gasteiger partial charge in [-0.05, 0) is 12.1 Å². The van der Waals surface area contributed by atoms with E-state index in [0.717, 1.165) is 32.9 Å². The summed E-state index contributed by atoms with van der Waals surface area (Å²) < 4.78 is 35.0. The number of carbonyl (C=O) groups excluding carboxylic acids is 3. The van der Waals surface area contributed by atoms with Crippen LogP contribution in [0.5, 0.6) is 5.75 Å². The summed E-state index contributed by atoms with van der Waals surface area (Å²) in [5.41, 5.74) is -0.237. The van der Waals surface area contributed by atoms with E-state index in [-0.39, 0.29) is 11.4 Å². The number of rotatable bonds is 13. The molecule has 1 aromatic rings. The smallest absolute Gasteiger partial charge is 0.269 e. The van der Waals surface area contributed by atoms with E-state index in [1.165, 1.54) is 12.1 Å². The average molecular weight is 749 g/mol. The number of nitro benzene ring substituents is 1. The molecule has 0 unspecified atom stereocenters. The Balaban J connectivity index is 1.59. The minimum Gasteiger partial charge on any atom is -0.463 e. The number of nitro groups is 1. The van der Waals surface area contributed by atoms with E-state index in [0.29, 0.717) is 0 Å². The lowest BCUT2D eigenvalue weighted by Gasteiger charge is -2.50. The standard InChI is InChI=1S/C30H44N4O18/c1-11(38)31-19-23(42)22(41)16(8-35)48-29(19)51-27-18(10-37)50-30(21(25(27)44)33-13(3)40)52-26-17(9-36)49-28(20(24(26)43)32-12(2)39)47-15-6-4-14(5-7-15)34(45)46/h4-7,16-30,35-37,41-44H,8-10H2,1-3H3,(H,31,38)(H,32,39)(H,33,40)/t16-,17+,18+,19+,20-,21-,22-,23-,24+,25+,26-,27-,28+,29+,30-/m1/s1. The maximum Gasteiger partial charge on any atom is 0.269 e. The highest BCUT2D eigenvalue weighted by molar-refractivity contribution is 5.74. The minimum atomic E-state index is -1.82. The summed E-state index contributed by atoms with van der Waals surface area (Å²) in [4.78, 5) is 46.8. The van der Waals surface area contributed by atoms with Crippen LogP contribution in [0.1, 0.15) is 20.8 Å². The third kappa shape index (κ3) is 9.47. The number of hydrogen-bond acceptors (Lipinski definition) is 18. The zero-order valence-electron chi connectivity index (χ0n) is 28.2. The Bertz CT molecular complexity index is 1390. The van der Waals surface area contributed by atoms with Crippen molar-refractivity contribution < 1.29 is 83.5 Å². The van der Waals surface area contributed by atoms with Crippen LogP contribution in [0.3, 0.4) is 0 Å². The Morgan fingerprint density at radius 2 is 1.04 bits per heavy atom. The molecule has 15 atom stereocenters. The third-order valence-electron chi connectivity index (χ3n) is 8.58. The number of nitrogens with zero attached hydrogens (tertiary/aromatic N) is 1. The summed E-state index contributed by atoms with van der Waals surface area (Å²) >= 11 is 0. The predicted molar refractivity (Wildman–Crippen MR) is 168 cm³/mol. The molecule has 0 saturated carbocycles. The molecule has 1 aromatic carbocycles. The molecule has 0 spiro atoms. The van der Waals surface area contributed by atoms with Crippen molar-refractivity contribution in [1.82, 2.24) is 16.0 Å². The topological polar surface area (TPSA) is 327 Å². The molecule has 3 heterocycles. The van der Waals surface area contributed by atoms with E-state index in [9.17, 15) is 60.2 Å². The molecule has 0 aromatic heterocycles. The van der Waals surface area contributed by atoms with Gasteiger partial charge >= 0.3 is 0 Å². The largest absolute Gasteiger partial charge is 0.463 e. The number of amides is 3. The number of benzene rings is 1. The van der Waals surface area contributed by atoms with E-state index in [2.05, 4.69) is 16.0 Å². The Labute approximate surface area is 295 Å². The molecule has 292 valence electrons. The van der Waals surface area contributed by atoms with Crippen molar-refractivity contribution in [3.8, 4) is 5.75 Å². The Morgan fingerprint density at radius 3 is 1.44 bits per heavy atom. The van der Waals surface area contributed by atoms with Crippen molar-refractivity contribution >= 4 is 23.4 Å².